The Labute approximate surface area is 130 Å². The van der Waals surface area contributed by atoms with Gasteiger partial charge in [-0.25, -0.2) is 0 Å². The van der Waals surface area contributed by atoms with Crippen molar-refractivity contribution in [2.75, 3.05) is 17.7 Å². The molecular formula is C14H22ClN3O3. The van der Waals surface area contributed by atoms with Crippen LogP contribution in [0.15, 0.2) is 18.2 Å². The first-order chi connectivity index (χ1) is 9.47. The highest BCUT2D eigenvalue weighted by molar-refractivity contribution is 5.96. The van der Waals surface area contributed by atoms with Crippen LogP contribution >= 0.6 is 12.4 Å². The number of carbonyl (C=O) groups is 2. The lowest BCUT2D eigenvalue weighted by atomic mass is 10.1. The fourth-order valence-electron chi connectivity index (χ4n) is 1.75. The lowest BCUT2D eigenvalue weighted by molar-refractivity contribution is -0.117. The minimum absolute atomic E-state index is 0. The maximum atomic E-state index is 11.8. The van der Waals surface area contributed by atoms with Gasteiger partial charge >= 0.3 is 0 Å². The predicted molar refractivity (Wildman–Crippen MR) is 86.1 cm³/mol. The quantitative estimate of drug-likeness (QED) is 0.749. The number of hydrogen-bond acceptors (Lipinski definition) is 4. The summed E-state index contributed by atoms with van der Waals surface area (Å²) in [4.78, 5) is 23.0. The van der Waals surface area contributed by atoms with Gasteiger partial charge in [-0.1, -0.05) is 13.3 Å². The Balaban J connectivity index is 0.00000400. The third-order valence-corrected chi connectivity index (χ3v) is 2.71. The third kappa shape index (κ3) is 6.01. The number of nitrogens with two attached hydrogens (primary N) is 1. The molecule has 1 atom stereocenters. The van der Waals surface area contributed by atoms with Crippen LogP contribution in [0.4, 0.5) is 11.4 Å². The van der Waals surface area contributed by atoms with Crippen molar-refractivity contribution < 1.29 is 14.3 Å². The fourth-order valence-corrected chi connectivity index (χ4v) is 1.75. The van der Waals surface area contributed by atoms with Gasteiger partial charge in [-0.15, -0.1) is 12.4 Å². The van der Waals surface area contributed by atoms with Gasteiger partial charge in [0.1, 0.15) is 5.75 Å². The minimum atomic E-state index is -0.536. The molecular weight excluding hydrogens is 294 g/mol. The van der Waals surface area contributed by atoms with Crippen molar-refractivity contribution in [2.45, 2.75) is 32.7 Å². The molecule has 0 aliphatic heterocycles. The zero-order valence-corrected chi connectivity index (χ0v) is 13.3. The fraction of sp³-hybridized carbons (Fsp3) is 0.429. The Hall–Kier alpha value is -1.79. The van der Waals surface area contributed by atoms with Gasteiger partial charge in [0.05, 0.1) is 18.8 Å². The topological polar surface area (TPSA) is 93.5 Å². The van der Waals surface area contributed by atoms with E-state index in [2.05, 4.69) is 10.6 Å². The maximum absolute atomic E-state index is 11.8. The molecule has 0 aromatic heterocycles. The first-order valence-electron chi connectivity index (χ1n) is 6.50. The van der Waals surface area contributed by atoms with Crippen LogP contribution in [-0.4, -0.2) is 25.0 Å². The molecule has 0 aliphatic carbocycles. The Kier molecular flexibility index (Phi) is 8.42. The highest BCUT2D eigenvalue weighted by Crippen LogP contribution is 2.27. The summed E-state index contributed by atoms with van der Waals surface area (Å²) in [6.07, 6.45) is 1.47. The van der Waals surface area contributed by atoms with Gasteiger partial charge in [-0.2, -0.15) is 0 Å². The number of anilines is 2. The van der Waals surface area contributed by atoms with Gasteiger partial charge in [0.2, 0.25) is 11.8 Å². The molecule has 1 unspecified atom stereocenters. The zero-order chi connectivity index (χ0) is 15.1. The van der Waals surface area contributed by atoms with Crippen LogP contribution in [0.25, 0.3) is 0 Å². The Morgan fingerprint density at radius 2 is 2.00 bits per heavy atom. The van der Waals surface area contributed by atoms with Crippen molar-refractivity contribution in [3.05, 3.63) is 18.2 Å². The minimum Gasteiger partial charge on any atom is -0.495 e. The molecule has 0 spiro atoms. The molecule has 6 nitrogen and oxygen atoms in total. The average Bonchev–Trinajstić information content (AvgIpc) is 2.38. The number of amides is 2. The van der Waals surface area contributed by atoms with Crippen LogP contribution in [-0.2, 0) is 9.59 Å². The SMILES string of the molecule is CCCC(N)C(=O)Nc1ccc(OC)c(NC(C)=O)c1.Cl. The second kappa shape index (κ2) is 9.20. The molecule has 0 saturated heterocycles. The van der Waals surface area contributed by atoms with Crippen molar-refractivity contribution in [3.8, 4) is 5.75 Å². The van der Waals surface area contributed by atoms with Gasteiger partial charge < -0.3 is 21.1 Å². The molecule has 0 aliphatic rings. The number of benzene rings is 1. The molecule has 1 rings (SSSR count). The zero-order valence-electron chi connectivity index (χ0n) is 12.4. The lowest BCUT2D eigenvalue weighted by Crippen LogP contribution is -2.35. The van der Waals surface area contributed by atoms with Crippen molar-refractivity contribution in [1.82, 2.24) is 0 Å². The third-order valence-electron chi connectivity index (χ3n) is 2.71. The maximum Gasteiger partial charge on any atom is 0.241 e. The highest BCUT2D eigenvalue weighted by Gasteiger charge is 2.13. The van der Waals surface area contributed by atoms with Crippen LogP contribution in [0.1, 0.15) is 26.7 Å². The molecule has 0 heterocycles. The van der Waals surface area contributed by atoms with Gasteiger partial charge in [0, 0.05) is 12.6 Å². The molecule has 2 amide bonds. The number of ether oxygens (including phenoxy) is 1. The van der Waals surface area contributed by atoms with Crippen molar-refractivity contribution in [1.29, 1.82) is 0 Å². The van der Waals surface area contributed by atoms with E-state index in [4.69, 9.17) is 10.5 Å². The summed E-state index contributed by atoms with van der Waals surface area (Å²) in [5.41, 5.74) is 6.81. The predicted octanol–water partition coefficient (Wildman–Crippen LogP) is 2.14. The van der Waals surface area contributed by atoms with Crippen LogP contribution in [0.2, 0.25) is 0 Å². The molecule has 0 fully saturated rings. The highest BCUT2D eigenvalue weighted by atomic mass is 35.5. The monoisotopic (exact) mass is 315 g/mol. The van der Waals surface area contributed by atoms with E-state index in [1.165, 1.54) is 14.0 Å². The Bertz CT molecular complexity index is 494. The lowest BCUT2D eigenvalue weighted by Gasteiger charge is -2.14. The van der Waals surface area contributed by atoms with E-state index in [0.29, 0.717) is 23.5 Å². The summed E-state index contributed by atoms with van der Waals surface area (Å²) in [5, 5.41) is 5.37. The molecule has 118 valence electrons. The molecule has 1 aromatic carbocycles. The number of rotatable bonds is 6. The van der Waals surface area contributed by atoms with Gasteiger partial charge in [0.15, 0.2) is 0 Å². The van der Waals surface area contributed by atoms with Gasteiger partial charge in [-0.3, -0.25) is 9.59 Å². The standard InChI is InChI=1S/C14H21N3O3.ClH/c1-4-5-11(15)14(19)17-10-6-7-13(20-3)12(8-10)16-9(2)18;/h6-8,11H,4-5,15H2,1-3H3,(H,16,18)(H,17,19);1H. The van der Waals surface area contributed by atoms with E-state index in [1.54, 1.807) is 18.2 Å². The van der Waals surface area contributed by atoms with E-state index in [-0.39, 0.29) is 24.2 Å². The Morgan fingerprint density at radius 1 is 1.33 bits per heavy atom. The first kappa shape index (κ1) is 19.2. The summed E-state index contributed by atoms with van der Waals surface area (Å²) in [5.74, 6) is 0.0660. The van der Waals surface area contributed by atoms with E-state index in [1.807, 2.05) is 6.92 Å². The largest absolute Gasteiger partial charge is 0.495 e. The van der Waals surface area contributed by atoms with E-state index < -0.39 is 6.04 Å². The van der Waals surface area contributed by atoms with Crippen molar-refractivity contribution in [2.24, 2.45) is 5.73 Å². The van der Waals surface area contributed by atoms with Crippen LogP contribution < -0.4 is 21.1 Å². The molecule has 7 heteroatoms. The molecule has 0 radical (unpaired) electrons. The summed E-state index contributed by atoms with van der Waals surface area (Å²) >= 11 is 0. The molecule has 21 heavy (non-hydrogen) atoms. The summed E-state index contributed by atoms with van der Waals surface area (Å²) < 4.78 is 5.14. The number of hydrogen-bond donors (Lipinski definition) is 3. The average molecular weight is 316 g/mol. The van der Waals surface area contributed by atoms with Gasteiger partial charge in [0.25, 0.3) is 0 Å². The summed E-state index contributed by atoms with van der Waals surface area (Å²) in [6.45, 7) is 3.37. The number of halogens is 1. The van der Waals surface area contributed by atoms with E-state index >= 15 is 0 Å². The summed E-state index contributed by atoms with van der Waals surface area (Å²) in [7, 11) is 1.51. The van der Waals surface area contributed by atoms with Crippen LogP contribution in [0.5, 0.6) is 5.75 Å². The smallest absolute Gasteiger partial charge is 0.241 e. The van der Waals surface area contributed by atoms with Crippen molar-refractivity contribution >= 4 is 35.6 Å². The normalized spacial score (nSPS) is 11.0. The number of methoxy groups -OCH3 is 1. The van der Waals surface area contributed by atoms with E-state index in [9.17, 15) is 9.59 Å². The first-order valence-corrected chi connectivity index (χ1v) is 6.50. The van der Waals surface area contributed by atoms with Crippen LogP contribution in [0.3, 0.4) is 0 Å². The van der Waals surface area contributed by atoms with Gasteiger partial charge in [-0.05, 0) is 24.6 Å². The number of nitrogens with one attached hydrogen (secondary N) is 2. The molecule has 1 aromatic rings. The second-order valence-electron chi connectivity index (χ2n) is 4.48. The summed E-state index contributed by atoms with van der Waals surface area (Å²) in [6, 6.07) is 4.47. The van der Waals surface area contributed by atoms with Crippen molar-refractivity contribution in [3.63, 3.8) is 0 Å². The number of carbonyl (C=O) groups excluding carboxylic acids is 2. The molecule has 4 N–H and O–H groups in total. The second-order valence-corrected chi connectivity index (χ2v) is 4.48. The molecule has 0 saturated carbocycles. The van der Waals surface area contributed by atoms with E-state index in [0.717, 1.165) is 6.42 Å². The van der Waals surface area contributed by atoms with Crippen LogP contribution in [0, 0.1) is 0 Å². The molecule has 0 bridgehead atoms. The Morgan fingerprint density at radius 3 is 2.52 bits per heavy atom.